The lowest BCUT2D eigenvalue weighted by Crippen LogP contribution is -2.19. The summed E-state index contributed by atoms with van der Waals surface area (Å²) in [4.78, 5) is 0.167. The molecule has 8 nitrogen and oxygen atoms in total. The predicted octanol–water partition coefficient (Wildman–Crippen LogP) is -0.0400. The summed E-state index contributed by atoms with van der Waals surface area (Å²) in [5, 5.41) is 10.9. The van der Waals surface area contributed by atoms with E-state index in [-0.39, 0.29) is 4.90 Å². The van der Waals surface area contributed by atoms with E-state index < -0.39 is 10.0 Å². The fraction of sp³-hybridized carbons (Fsp3) is 0.333. The molecule has 0 radical (unpaired) electrons. The van der Waals surface area contributed by atoms with E-state index in [4.69, 9.17) is 5.73 Å². The molecule has 0 bridgehead atoms. The van der Waals surface area contributed by atoms with Crippen molar-refractivity contribution in [3.8, 4) is 0 Å². The van der Waals surface area contributed by atoms with Gasteiger partial charge < -0.3 is 15.6 Å². The molecule has 0 atom stereocenters. The Bertz CT molecular complexity index is 725. The van der Waals surface area contributed by atoms with Gasteiger partial charge in [0, 0.05) is 20.0 Å². The van der Waals surface area contributed by atoms with Gasteiger partial charge >= 0.3 is 0 Å². The van der Waals surface area contributed by atoms with E-state index in [1.54, 1.807) is 12.4 Å². The van der Waals surface area contributed by atoms with Crippen molar-refractivity contribution in [1.29, 1.82) is 0 Å². The molecule has 0 saturated heterocycles. The Morgan fingerprint density at radius 1 is 1.38 bits per heavy atom. The summed E-state index contributed by atoms with van der Waals surface area (Å²) < 4.78 is 27.6. The lowest BCUT2D eigenvalue weighted by Gasteiger charge is -2.11. The van der Waals surface area contributed by atoms with E-state index in [1.165, 1.54) is 19.2 Å². The highest BCUT2D eigenvalue weighted by atomic mass is 32.2. The van der Waals surface area contributed by atoms with Gasteiger partial charge in [-0.15, -0.1) is 10.2 Å². The van der Waals surface area contributed by atoms with Gasteiger partial charge in [-0.25, -0.2) is 13.1 Å². The summed E-state index contributed by atoms with van der Waals surface area (Å²) in [6, 6.07) is 4.54. The number of hydrogen-bond acceptors (Lipinski definition) is 6. The molecule has 4 N–H and O–H groups in total. The maximum Gasteiger partial charge on any atom is 0.240 e. The standard InChI is InChI=1S/C12H18N6O2S/c1-14-21(19,20)9-3-4-10(13)11(7-9)15-6-5-12-17-16-8-18(12)2/h3-4,7-8,14-15H,5-6,13H2,1-2H3. The molecular formula is C12H18N6O2S. The van der Waals surface area contributed by atoms with Gasteiger partial charge in [0.05, 0.1) is 16.3 Å². The maximum absolute atomic E-state index is 11.8. The number of aryl methyl sites for hydroxylation is 1. The summed E-state index contributed by atoms with van der Waals surface area (Å²) in [6.45, 7) is 0.569. The molecule has 21 heavy (non-hydrogen) atoms. The van der Waals surface area contributed by atoms with Crippen LogP contribution in [0.25, 0.3) is 0 Å². The van der Waals surface area contributed by atoms with Gasteiger partial charge in [-0.2, -0.15) is 0 Å². The highest BCUT2D eigenvalue weighted by Gasteiger charge is 2.13. The van der Waals surface area contributed by atoms with Crippen LogP contribution < -0.4 is 15.8 Å². The summed E-state index contributed by atoms with van der Waals surface area (Å²) in [7, 11) is -0.252. The van der Waals surface area contributed by atoms with Gasteiger partial charge in [0.2, 0.25) is 10.0 Å². The zero-order valence-corrected chi connectivity index (χ0v) is 12.7. The summed E-state index contributed by atoms with van der Waals surface area (Å²) in [5.41, 5.74) is 6.92. The third kappa shape index (κ3) is 3.50. The second kappa shape index (κ2) is 6.10. The lowest BCUT2D eigenvalue weighted by atomic mass is 10.2. The molecule has 114 valence electrons. The monoisotopic (exact) mass is 310 g/mol. The summed E-state index contributed by atoms with van der Waals surface area (Å²) >= 11 is 0. The van der Waals surface area contributed by atoms with Crippen LogP contribution in [0.1, 0.15) is 5.82 Å². The molecule has 1 aromatic carbocycles. The molecule has 0 spiro atoms. The van der Waals surface area contributed by atoms with Crippen LogP contribution >= 0.6 is 0 Å². The van der Waals surface area contributed by atoms with Crippen molar-refractivity contribution in [3.05, 3.63) is 30.4 Å². The Morgan fingerprint density at radius 2 is 2.14 bits per heavy atom. The van der Waals surface area contributed by atoms with Gasteiger partial charge in [0.1, 0.15) is 12.2 Å². The van der Waals surface area contributed by atoms with Gasteiger partial charge in [-0.1, -0.05) is 0 Å². The van der Waals surface area contributed by atoms with E-state index in [9.17, 15) is 8.42 Å². The summed E-state index contributed by atoms with van der Waals surface area (Å²) in [6.07, 6.45) is 2.28. The minimum Gasteiger partial charge on any atom is -0.397 e. The van der Waals surface area contributed by atoms with Crippen LogP contribution in [-0.2, 0) is 23.5 Å². The normalized spacial score (nSPS) is 11.5. The number of nitrogen functional groups attached to an aromatic ring is 1. The van der Waals surface area contributed by atoms with Crippen LogP contribution in [0.4, 0.5) is 11.4 Å². The van der Waals surface area contributed by atoms with Gasteiger partial charge in [0.15, 0.2) is 0 Å². The van der Waals surface area contributed by atoms with Crippen molar-refractivity contribution in [1.82, 2.24) is 19.5 Å². The number of nitrogens with two attached hydrogens (primary N) is 1. The molecule has 2 aromatic rings. The first-order chi connectivity index (χ1) is 9.94. The number of sulfonamides is 1. The molecule has 0 aliphatic rings. The van der Waals surface area contributed by atoms with Gasteiger partial charge in [-0.05, 0) is 25.2 Å². The van der Waals surface area contributed by atoms with E-state index in [0.717, 1.165) is 5.82 Å². The highest BCUT2D eigenvalue weighted by Crippen LogP contribution is 2.22. The largest absolute Gasteiger partial charge is 0.397 e. The van der Waals surface area contributed by atoms with E-state index in [1.807, 2.05) is 11.6 Å². The number of aromatic nitrogens is 3. The van der Waals surface area contributed by atoms with Crippen molar-refractivity contribution in [2.75, 3.05) is 24.6 Å². The molecular weight excluding hydrogens is 292 g/mol. The SMILES string of the molecule is CNS(=O)(=O)c1ccc(N)c(NCCc2nncn2C)c1. The second-order valence-corrected chi connectivity index (χ2v) is 6.38. The van der Waals surface area contributed by atoms with Crippen LogP contribution in [0.15, 0.2) is 29.4 Å². The fourth-order valence-electron chi connectivity index (χ4n) is 1.82. The topological polar surface area (TPSA) is 115 Å². The molecule has 0 aliphatic carbocycles. The zero-order chi connectivity index (χ0) is 15.5. The Hall–Kier alpha value is -2.13. The molecule has 9 heteroatoms. The van der Waals surface area contributed by atoms with E-state index in [2.05, 4.69) is 20.2 Å². The number of benzene rings is 1. The average molecular weight is 310 g/mol. The molecule has 1 heterocycles. The fourth-order valence-corrected chi connectivity index (χ4v) is 2.57. The van der Waals surface area contributed by atoms with Gasteiger partial charge in [-0.3, -0.25) is 0 Å². The smallest absolute Gasteiger partial charge is 0.240 e. The van der Waals surface area contributed by atoms with Crippen molar-refractivity contribution in [3.63, 3.8) is 0 Å². The van der Waals surface area contributed by atoms with Crippen LogP contribution in [0.2, 0.25) is 0 Å². The average Bonchev–Trinajstić information content (AvgIpc) is 2.86. The van der Waals surface area contributed by atoms with Gasteiger partial charge in [0.25, 0.3) is 0 Å². The third-order valence-electron chi connectivity index (χ3n) is 3.07. The minimum atomic E-state index is -3.48. The number of nitrogens with zero attached hydrogens (tertiary/aromatic N) is 3. The van der Waals surface area contributed by atoms with Crippen LogP contribution in [0, 0.1) is 0 Å². The molecule has 0 saturated carbocycles. The maximum atomic E-state index is 11.8. The van der Waals surface area contributed by atoms with E-state index >= 15 is 0 Å². The van der Waals surface area contributed by atoms with Crippen LogP contribution in [0.3, 0.4) is 0 Å². The number of rotatable bonds is 6. The highest BCUT2D eigenvalue weighted by molar-refractivity contribution is 7.89. The Kier molecular flexibility index (Phi) is 4.43. The second-order valence-electron chi connectivity index (χ2n) is 4.49. The van der Waals surface area contributed by atoms with Crippen molar-refractivity contribution >= 4 is 21.4 Å². The third-order valence-corrected chi connectivity index (χ3v) is 4.48. The van der Waals surface area contributed by atoms with E-state index in [0.29, 0.717) is 24.3 Å². The molecule has 0 unspecified atom stereocenters. The van der Waals surface area contributed by atoms with Crippen LogP contribution in [0.5, 0.6) is 0 Å². The first-order valence-corrected chi connectivity index (χ1v) is 7.82. The van der Waals surface area contributed by atoms with Crippen molar-refractivity contribution < 1.29 is 8.42 Å². The minimum absolute atomic E-state index is 0.167. The van der Waals surface area contributed by atoms with Crippen molar-refractivity contribution in [2.24, 2.45) is 7.05 Å². The summed E-state index contributed by atoms with van der Waals surface area (Å²) in [5.74, 6) is 0.833. The number of nitrogens with one attached hydrogen (secondary N) is 2. The van der Waals surface area contributed by atoms with Crippen molar-refractivity contribution in [2.45, 2.75) is 11.3 Å². The molecule has 0 aliphatic heterocycles. The molecule has 2 rings (SSSR count). The van der Waals surface area contributed by atoms with Crippen LogP contribution in [-0.4, -0.2) is 36.8 Å². The number of anilines is 2. The first-order valence-electron chi connectivity index (χ1n) is 6.34. The Balaban J connectivity index is 2.09. The number of hydrogen-bond donors (Lipinski definition) is 3. The molecule has 0 amide bonds. The Labute approximate surface area is 123 Å². The first kappa shape index (κ1) is 15.3. The molecule has 0 fully saturated rings. The predicted molar refractivity (Wildman–Crippen MR) is 80.3 cm³/mol. The molecule has 1 aromatic heterocycles. The quantitative estimate of drug-likeness (QED) is 0.645. The zero-order valence-electron chi connectivity index (χ0n) is 11.9. The Morgan fingerprint density at radius 3 is 2.76 bits per heavy atom. The lowest BCUT2D eigenvalue weighted by molar-refractivity contribution is 0.588.